The van der Waals surface area contributed by atoms with Crippen LogP contribution in [-0.2, 0) is 0 Å². The second-order valence-electron chi connectivity index (χ2n) is 6.65. The summed E-state index contributed by atoms with van der Waals surface area (Å²) in [7, 11) is 0. The van der Waals surface area contributed by atoms with Crippen molar-refractivity contribution in [3.8, 4) is 0 Å². The Hall–Kier alpha value is -0.0400. The Morgan fingerprint density at radius 1 is 0.706 bits per heavy atom. The van der Waals surface area contributed by atoms with Gasteiger partial charge >= 0.3 is 0 Å². The second kappa shape index (κ2) is 8.97. The largest absolute Gasteiger partial charge is 0.323 e. The summed E-state index contributed by atoms with van der Waals surface area (Å²) in [5, 5.41) is 0. The van der Waals surface area contributed by atoms with Crippen molar-refractivity contribution in [3.63, 3.8) is 0 Å². The van der Waals surface area contributed by atoms with Gasteiger partial charge < -0.3 is 4.48 Å². The topological polar surface area (TPSA) is 0 Å². The van der Waals surface area contributed by atoms with E-state index in [0.717, 1.165) is 11.8 Å². The van der Waals surface area contributed by atoms with Crippen LogP contribution >= 0.6 is 0 Å². The first-order valence-corrected chi connectivity index (χ1v) is 7.81. The Morgan fingerprint density at radius 2 is 1.06 bits per heavy atom. The number of quaternary nitrogens is 1. The van der Waals surface area contributed by atoms with Crippen molar-refractivity contribution in [1.82, 2.24) is 0 Å². The molecule has 17 heavy (non-hydrogen) atoms. The molecular formula is C16H36N+. The minimum absolute atomic E-state index is 0.822. The molecule has 1 heteroatoms. The Morgan fingerprint density at radius 3 is 1.29 bits per heavy atom. The number of hydrogen-bond donors (Lipinski definition) is 0. The lowest BCUT2D eigenvalue weighted by Crippen LogP contribution is -2.53. The molecule has 0 aliphatic rings. The summed E-state index contributed by atoms with van der Waals surface area (Å²) < 4.78 is 1.37. The molecule has 0 aliphatic heterocycles. The summed E-state index contributed by atoms with van der Waals surface area (Å²) in [5.41, 5.74) is 0. The highest BCUT2D eigenvalue weighted by Crippen LogP contribution is 2.18. The Bertz CT molecular complexity index is 152. The van der Waals surface area contributed by atoms with Crippen LogP contribution in [0.5, 0.6) is 0 Å². The van der Waals surface area contributed by atoms with E-state index in [4.69, 9.17) is 0 Å². The lowest BCUT2D eigenvalue weighted by molar-refractivity contribution is -0.934. The molecule has 1 nitrogen and oxygen atoms in total. The van der Waals surface area contributed by atoms with Crippen molar-refractivity contribution in [2.75, 3.05) is 26.2 Å². The van der Waals surface area contributed by atoms with Gasteiger partial charge in [-0.2, -0.15) is 0 Å². The minimum atomic E-state index is 0.822. The van der Waals surface area contributed by atoms with Crippen LogP contribution in [-0.4, -0.2) is 30.7 Å². The lowest BCUT2D eigenvalue weighted by atomic mass is 10.1. The van der Waals surface area contributed by atoms with Gasteiger partial charge in [0.15, 0.2) is 0 Å². The first-order chi connectivity index (χ1) is 7.95. The van der Waals surface area contributed by atoms with E-state index in [9.17, 15) is 0 Å². The van der Waals surface area contributed by atoms with Gasteiger partial charge in [-0.25, -0.2) is 0 Å². The van der Waals surface area contributed by atoms with Crippen molar-refractivity contribution in [2.24, 2.45) is 11.8 Å². The minimum Gasteiger partial charge on any atom is -0.323 e. The van der Waals surface area contributed by atoms with Gasteiger partial charge in [0.05, 0.1) is 26.2 Å². The standard InChI is InChI=1S/C16H36N/c1-7-9-11-17(12-10-8-2,13-15(3)4)14-16(5)6/h15-16H,7-14H2,1-6H3/q+1. The van der Waals surface area contributed by atoms with Crippen LogP contribution in [0.4, 0.5) is 0 Å². The highest BCUT2D eigenvalue weighted by atomic mass is 15.3. The molecular weight excluding hydrogens is 206 g/mol. The average molecular weight is 242 g/mol. The molecule has 0 aromatic carbocycles. The highest BCUT2D eigenvalue weighted by Gasteiger charge is 2.28. The predicted molar refractivity (Wildman–Crippen MR) is 79.2 cm³/mol. The van der Waals surface area contributed by atoms with Gasteiger partial charge in [0, 0.05) is 11.8 Å². The molecule has 0 aromatic rings. The van der Waals surface area contributed by atoms with Crippen LogP contribution in [0, 0.1) is 11.8 Å². The SMILES string of the molecule is CCCC[N+](CCCC)(CC(C)C)CC(C)C. The summed E-state index contributed by atoms with van der Waals surface area (Å²) in [4.78, 5) is 0. The molecule has 0 N–H and O–H groups in total. The van der Waals surface area contributed by atoms with E-state index in [-0.39, 0.29) is 0 Å². The lowest BCUT2D eigenvalue weighted by Gasteiger charge is -2.41. The van der Waals surface area contributed by atoms with Gasteiger partial charge in [0.1, 0.15) is 0 Å². The van der Waals surface area contributed by atoms with Gasteiger partial charge in [-0.15, -0.1) is 0 Å². The van der Waals surface area contributed by atoms with E-state index in [0.29, 0.717) is 0 Å². The van der Waals surface area contributed by atoms with Crippen LogP contribution in [0.2, 0.25) is 0 Å². The fraction of sp³-hybridized carbons (Fsp3) is 1.00. The van der Waals surface area contributed by atoms with Crippen LogP contribution in [0.3, 0.4) is 0 Å². The summed E-state index contributed by atoms with van der Waals surface area (Å²) in [5.74, 6) is 1.64. The molecule has 0 spiro atoms. The number of rotatable bonds is 10. The van der Waals surface area contributed by atoms with Crippen molar-refractivity contribution in [3.05, 3.63) is 0 Å². The number of nitrogens with zero attached hydrogens (tertiary/aromatic N) is 1. The maximum atomic E-state index is 2.38. The van der Waals surface area contributed by atoms with Crippen LogP contribution in [0.25, 0.3) is 0 Å². The number of hydrogen-bond acceptors (Lipinski definition) is 0. The fourth-order valence-electron chi connectivity index (χ4n) is 3.09. The molecule has 0 heterocycles. The molecule has 0 fully saturated rings. The molecule has 0 aliphatic carbocycles. The van der Waals surface area contributed by atoms with E-state index < -0.39 is 0 Å². The third-order valence-electron chi connectivity index (χ3n) is 3.48. The monoisotopic (exact) mass is 242 g/mol. The Balaban J connectivity index is 4.63. The van der Waals surface area contributed by atoms with Crippen molar-refractivity contribution < 1.29 is 4.48 Å². The van der Waals surface area contributed by atoms with Crippen molar-refractivity contribution in [1.29, 1.82) is 0 Å². The normalized spacial score (nSPS) is 12.7. The van der Waals surface area contributed by atoms with Gasteiger partial charge in [-0.1, -0.05) is 54.4 Å². The molecule has 0 aromatic heterocycles. The smallest absolute Gasteiger partial charge is 0.0809 e. The predicted octanol–water partition coefficient (Wildman–Crippen LogP) is 4.72. The van der Waals surface area contributed by atoms with Gasteiger partial charge in [0.25, 0.3) is 0 Å². The maximum Gasteiger partial charge on any atom is 0.0809 e. The summed E-state index contributed by atoms with van der Waals surface area (Å²) in [6.45, 7) is 19.7. The molecule has 0 rings (SSSR count). The summed E-state index contributed by atoms with van der Waals surface area (Å²) in [6.07, 6.45) is 5.46. The van der Waals surface area contributed by atoms with Gasteiger partial charge in [0.2, 0.25) is 0 Å². The van der Waals surface area contributed by atoms with E-state index in [1.807, 2.05) is 0 Å². The zero-order valence-corrected chi connectivity index (χ0v) is 13.3. The maximum absolute atomic E-state index is 2.38. The third kappa shape index (κ3) is 7.81. The summed E-state index contributed by atoms with van der Waals surface area (Å²) in [6, 6.07) is 0. The van der Waals surface area contributed by atoms with Crippen LogP contribution < -0.4 is 0 Å². The van der Waals surface area contributed by atoms with Crippen LogP contribution in [0.15, 0.2) is 0 Å². The molecule has 0 atom stereocenters. The van der Waals surface area contributed by atoms with Crippen molar-refractivity contribution >= 4 is 0 Å². The fourth-order valence-corrected chi connectivity index (χ4v) is 3.09. The van der Waals surface area contributed by atoms with E-state index in [1.165, 1.54) is 56.3 Å². The Kier molecular flexibility index (Phi) is 8.94. The second-order valence-corrected chi connectivity index (χ2v) is 6.65. The highest BCUT2D eigenvalue weighted by molar-refractivity contribution is 4.53. The zero-order chi connectivity index (χ0) is 13.3. The van der Waals surface area contributed by atoms with E-state index in [2.05, 4.69) is 41.5 Å². The molecule has 0 unspecified atom stereocenters. The molecule has 0 amide bonds. The van der Waals surface area contributed by atoms with Gasteiger partial charge in [-0.05, 0) is 12.8 Å². The molecule has 0 saturated carbocycles. The molecule has 104 valence electrons. The first-order valence-electron chi connectivity index (χ1n) is 7.81. The third-order valence-corrected chi connectivity index (χ3v) is 3.48. The molecule has 0 radical (unpaired) electrons. The van der Waals surface area contributed by atoms with E-state index >= 15 is 0 Å². The Labute approximate surface area is 110 Å². The quantitative estimate of drug-likeness (QED) is 0.486. The van der Waals surface area contributed by atoms with E-state index in [1.54, 1.807) is 0 Å². The van der Waals surface area contributed by atoms with Crippen LogP contribution in [0.1, 0.15) is 67.2 Å². The first kappa shape index (κ1) is 17.0. The zero-order valence-electron chi connectivity index (χ0n) is 13.3. The number of unbranched alkanes of at least 4 members (excludes halogenated alkanes) is 2. The molecule has 0 bridgehead atoms. The van der Waals surface area contributed by atoms with Crippen molar-refractivity contribution in [2.45, 2.75) is 67.2 Å². The average Bonchev–Trinajstić information content (AvgIpc) is 2.22. The molecule has 0 saturated heterocycles. The summed E-state index contributed by atoms with van der Waals surface area (Å²) >= 11 is 0. The van der Waals surface area contributed by atoms with Gasteiger partial charge in [-0.3, -0.25) is 0 Å².